The lowest BCUT2D eigenvalue weighted by Crippen LogP contribution is -2.14. The molecule has 0 aliphatic heterocycles. The number of hydrogen-bond donors (Lipinski definition) is 0. The maximum Gasteiger partial charge on any atom is 0.0711 e. The fourth-order valence-corrected chi connectivity index (χ4v) is 2.03. The molecule has 1 aromatic carbocycles. The molecular formula is C15H20N2. The van der Waals surface area contributed by atoms with Gasteiger partial charge in [-0.25, -0.2) is 4.68 Å². The van der Waals surface area contributed by atoms with Crippen molar-refractivity contribution in [3.8, 4) is 5.69 Å². The van der Waals surface area contributed by atoms with Gasteiger partial charge in [-0.3, -0.25) is 0 Å². The summed E-state index contributed by atoms with van der Waals surface area (Å²) in [6.45, 7) is 10.8. The Labute approximate surface area is 103 Å². The minimum absolute atomic E-state index is 0.0973. The van der Waals surface area contributed by atoms with E-state index >= 15 is 0 Å². The second-order valence-corrected chi connectivity index (χ2v) is 5.69. The van der Waals surface area contributed by atoms with Gasteiger partial charge in [-0.2, -0.15) is 5.10 Å². The van der Waals surface area contributed by atoms with E-state index in [1.54, 1.807) is 0 Å². The molecule has 0 aliphatic carbocycles. The molecule has 0 bridgehead atoms. The fourth-order valence-electron chi connectivity index (χ4n) is 2.03. The van der Waals surface area contributed by atoms with Crippen molar-refractivity contribution < 1.29 is 0 Å². The number of benzene rings is 1. The summed E-state index contributed by atoms with van der Waals surface area (Å²) < 4.78 is 1.97. The van der Waals surface area contributed by atoms with Crippen LogP contribution >= 0.6 is 0 Å². The summed E-state index contributed by atoms with van der Waals surface area (Å²) in [5.74, 6) is 0. The first-order chi connectivity index (χ1) is 7.88. The highest BCUT2D eigenvalue weighted by molar-refractivity contribution is 5.36. The minimum Gasteiger partial charge on any atom is -0.240 e. The molecular weight excluding hydrogens is 208 g/mol. The highest BCUT2D eigenvalue weighted by Gasteiger charge is 2.20. The average Bonchev–Trinajstić information content (AvgIpc) is 2.61. The standard InChI is InChI=1S/C15H20N2/c1-11-6-8-13(9-7-11)17-10-12(2)14(16-17)15(3,4)5/h6-10H,1-5H3. The van der Waals surface area contributed by atoms with Gasteiger partial charge >= 0.3 is 0 Å². The summed E-state index contributed by atoms with van der Waals surface area (Å²) in [5, 5.41) is 4.70. The summed E-state index contributed by atoms with van der Waals surface area (Å²) in [7, 11) is 0. The van der Waals surface area contributed by atoms with E-state index in [-0.39, 0.29) is 5.41 Å². The van der Waals surface area contributed by atoms with Crippen molar-refractivity contribution in [2.75, 3.05) is 0 Å². The summed E-state index contributed by atoms with van der Waals surface area (Å²) >= 11 is 0. The zero-order chi connectivity index (χ0) is 12.6. The average molecular weight is 228 g/mol. The van der Waals surface area contributed by atoms with E-state index in [0.29, 0.717) is 0 Å². The molecule has 0 amide bonds. The van der Waals surface area contributed by atoms with Crippen LogP contribution in [0.2, 0.25) is 0 Å². The largest absolute Gasteiger partial charge is 0.240 e. The van der Waals surface area contributed by atoms with Gasteiger partial charge in [0.05, 0.1) is 11.4 Å². The first-order valence-corrected chi connectivity index (χ1v) is 6.02. The van der Waals surface area contributed by atoms with Gasteiger partial charge in [0.15, 0.2) is 0 Å². The Morgan fingerprint density at radius 3 is 2.06 bits per heavy atom. The summed E-state index contributed by atoms with van der Waals surface area (Å²) in [6, 6.07) is 8.44. The quantitative estimate of drug-likeness (QED) is 0.726. The summed E-state index contributed by atoms with van der Waals surface area (Å²) in [5.41, 5.74) is 4.90. The Balaban J connectivity index is 2.45. The van der Waals surface area contributed by atoms with Crippen LogP contribution in [-0.2, 0) is 5.41 Å². The third-order valence-electron chi connectivity index (χ3n) is 2.91. The van der Waals surface area contributed by atoms with Crippen molar-refractivity contribution in [3.05, 3.63) is 47.3 Å². The molecule has 0 N–H and O–H groups in total. The Kier molecular flexibility index (Phi) is 2.82. The Bertz CT molecular complexity index is 513. The van der Waals surface area contributed by atoms with E-state index in [2.05, 4.69) is 65.1 Å². The molecule has 2 nitrogen and oxygen atoms in total. The number of nitrogens with zero attached hydrogens (tertiary/aromatic N) is 2. The first-order valence-electron chi connectivity index (χ1n) is 6.02. The third-order valence-corrected chi connectivity index (χ3v) is 2.91. The number of aryl methyl sites for hydroxylation is 2. The zero-order valence-electron chi connectivity index (χ0n) is 11.3. The van der Waals surface area contributed by atoms with Gasteiger partial charge in [0.2, 0.25) is 0 Å². The predicted molar refractivity (Wildman–Crippen MR) is 71.7 cm³/mol. The van der Waals surface area contributed by atoms with E-state index < -0.39 is 0 Å². The van der Waals surface area contributed by atoms with E-state index in [9.17, 15) is 0 Å². The van der Waals surface area contributed by atoms with Crippen molar-refractivity contribution in [2.24, 2.45) is 0 Å². The highest BCUT2D eigenvalue weighted by atomic mass is 15.3. The normalized spacial score (nSPS) is 11.8. The lowest BCUT2D eigenvalue weighted by molar-refractivity contribution is 0.557. The Morgan fingerprint density at radius 1 is 1.00 bits per heavy atom. The van der Waals surface area contributed by atoms with Crippen LogP contribution in [0.4, 0.5) is 0 Å². The van der Waals surface area contributed by atoms with Crippen LogP contribution in [-0.4, -0.2) is 9.78 Å². The second kappa shape index (κ2) is 4.02. The van der Waals surface area contributed by atoms with E-state index in [4.69, 9.17) is 5.10 Å². The molecule has 2 heteroatoms. The van der Waals surface area contributed by atoms with Gasteiger partial charge in [-0.1, -0.05) is 38.5 Å². The van der Waals surface area contributed by atoms with Crippen LogP contribution in [0.1, 0.15) is 37.6 Å². The van der Waals surface area contributed by atoms with Gasteiger partial charge in [-0.05, 0) is 31.5 Å². The van der Waals surface area contributed by atoms with E-state index in [1.807, 2.05) is 4.68 Å². The molecule has 2 aromatic rings. The van der Waals surface area contributed by atoms with Crippen LogP contribution in [0.3, 0.4) is 0 Å². The first kappa shape index (κ1) is 11.9. The van der Waals surface area contributed by atoms with Crippen LogP contribution in [0, 0.1) is 13.8 Å². The third kappa shape index (κ3) is 2.41. The molecule has 17 heavy (non-hydrogen) atoms. The van der Waals surface area contributed by atoms with Gasteiger partial charge in [0.25, 0.3) is 0 Å². The van der Waals surface area contributed by atoms with Crippen molar-refractivity contribution in [3.63, 3.8) is 0 Å². The van der Waals surface area contributed by atoms with Crippen LogP contribution in [0.5, 0.6) is 0 Å². The van der Waals surface area contributed by atoms with Crippen LogP contribution in [0.15, 0.2) is 30.5 Å². The molecule has 0 spiro atoms. The lowest BCUT2D eigenvalue weighted by Gasteiger charge is -2.16. The van der Waals surface area contributed by atoms with Crippen molar-refractivity contribution >= 4 is 0 Å². The molecule has 0 radical (unpaired) electrons. The molecule has 0 aliphatic rings. The van der Waals surface area contributed by atoms with Crippen molar-refractivity contribution in [1.82, 2.24) is 9.78 Å². The zero-order valence-corrected chi connectivity index (χ0v) is 11.3. The topological polar surface area (TPSA) is 17.8 Å². The minimum atomic E-state index is 0.0973. The monoisotopic (exact) mass is 228 g/mol. The molecule has 0 saturated carbocycles. The lowest BCUT2D eigenvalue weighted by atomic mass is 9.90. The van der Waals surface area contributed by atoms with Crippen molar-refractivity contribution in [1.29, 1.82) is 0 Å². The van der Waals surface area contributed by atoms with E-state index in [1.165, 1.54) is 11.1 Å². The molecule has 0 fully saturated rings. The second-order valence-electron chi connectivity index (χ2n) is 5.69. The SMILES string of the molecule is Cc1ccc(-n2cc(C)c(C(C)(C)C)n2)cc1. The number of aromatic nitrogens is 2. The Morgan fingerprint density at radius 2 is 1.59 bits per heavy atom. The molecule has 0 saturated heterocycles. The van der Waals surface area contributed by atoms with Gasteiger partial charge in [0, 0.05) is 11.6 Å². The molecule has 1 heterocycles. The van der Waals surface area contributed by atoms with E-state index in [0.717, 1.165) is 11.4 Å². The predicted octanol–water partition coefficient (Wildman–Crippen LogP) is 3.79. The molecule has 0 unspecified atom stereocenters. The van der Waals surface area contributed by atoms with Gasteiger partial charge in [0.1, 0.15) is 0 Å². The Hall–Kier alpha value is -1.57. The number of rotatable bonds is 1. The smallest absolute Gasteiger partial charge is 0.0711 e. The van der Waals surface area contributed by atoms with Gasteiger partial charge in [-0.15, -0.1) is 0 Å². The molecule has 2 rings (SSSR count). The molecule has 1 aromatic heterocycles. The van der Waals surface area contributed by atoms with Crippen molar-refractivity contribution in [2.45, 2.75) is 40.0 Å². The van der Waals surface area contributed by atoms with Crippen LogP contribution in [0.25, 0.3) is 5.69 Å². The molecule has 90 valence electrons. The molecule has 0 atom stereocenters. The summed E-state index contributed by atoms with van der Waals surface area (Å²) in [4.78, 5) is 0. The summed E-state index contributed by atoms with van der Waals surface area (Å²) in [6.07, 6.45) is 2.10. The fraction of sp³-hybridized carbons (Fsp3) is 0.400. The number of hydrogen-bond acceptors (Lipinski definition) is 1. The maximum atomic E-state index is 4.70. The highest BCUT2D eigenvalue weighted by Crippen LogP contribution is 2.24. The van der Waals surface area contributed by atoms with Gasteiger partial charge < -0.3 is 0 Å². The van der Waals surface area contributed by atoms with Crippen LogP contribution < -0.4 is 0 Å². The maximum absolute atomic E-state index is 4.70.